The molecule has 0 aliphatic rings. The molecule has 0 aromatic carbocycles. The first-order valence-electron chi connectivity index (χ1n) is 4.08. The maximum atomic E-state index is 11.2. The molecule has 3 N–H and O–H groups in total. The van der Waals surface area contributed by atoms with Crippen molar-refractivity contribution in [2.75, 3.05) is 0 Å². The number of urea groups is 1. The summed E-state index contributed by atoms with van der Waals surface area (Å²) in [7, 11) is 0. The third kappa shape index (κ3) is 4.36. The Morgan fingerprint density at radius 1 is 1.50 bits per heavy atom. The quantitative estimate of drug-likeness (QED) is 0.566. The molecule has 14 heavy (non-hydrogen) atoms. The molecule has 5 nitrogen and oxygen atoms in total. The van der Waals surface area contributed by atoms with E-state index in [0.717, 1.165) is 0 Å². The van der Waals surface area contributed by atoms with E-state index in [-0.39, 0.29) is 0 Å². The third-order valence-corrected chi connectivity index (χ3v) is 1.50. The van der Waals surface area contributed by atoms with Gasteiger partial charge in [0.2, 0.25) is 0 Å². The molecule has 0 unspecified atom stereocenters. The molecule has 2 amide bonds. The molecule has 0 bridgehead atoms. The first kappa shape index (κ1) is 12.3. The molecule has 0 saturated heterocycles. The van der Waals surface area contributed by atoms with Gasteiger partial charge in [-0.2, -0.15) is 0 Å². The minimum atomic E-state index is -1.10. The second-order valence-electron chi connectivity index (χ2n) is 3.43. The molecule has 0 saturated carbocycles. The number of carboxylic acid groups (broad SMARTS) is 1. The minimum absolute atomic E-state index is 0.595. The van der Waals surface area contributed by atoms with E-state index in [1.807, 2.05) is 0 Å². The molecule has 5 heteroatoms. The van der Waals surface area contributed by atoms with Gasteiger partial charge in [0.25, 0.3) is 0 Å². The van der Waals surface area contributed by atoms with E-state index in [4.69, 9.17) is 11.5 Å². The van der Waals surface area contributed by atoms with Crippen molar-refractivity contribution in [1.82, 2.24) is 10.6 Å². The Balaban J connectivity index is 4.14. The van der Waals surface area contributed by atoms with Crippen molar-refractivity contribution in [3.8, 4) is 12.3 Å². The first-order valence-corrected chi connectivity index (χ1v) is 4.08. The van der Waals surface area contributed by atoms with Crippen LogP contribution in [-0.4, -0.2) is 28.7 Å². The standard InChI is InChI=1S/C9H14N2O3/c1-5-9(3,4)11-8(14)10-6(2)7(12)13/h1,6H,2-4H3,(H,12,13)(H2,10,11,14)/t6-/m0/s1. The number of aliphatic carboxylic acids is 1. The molecule has 0 aliphatic heterocycles. The maximum Gasteiger partial charge on any atom is 0.325 e. The lowest BCUT2D eigenvalue weighted by Crippen LogP contribution is -2.51. The number of terminal acetylenes is 1. The summed E-state index contributed by atoms with van der Waals surface area (Å²) in [6.45, 7) is 4.64. The van der Waals surface area contributed by atoms with Crippen LogP contribution >= 0.6 is 0 Å². The van der Waals surface area contributed by atoms with E-state index >= 15 is 0 Å². The molecule has 0 aliphatic carbocycles. The van der Waals surface area contributed by atoms with Gasteiger partial charge in [-0.3, -0.25) is 4.79 Å². The molecule has 0 fully saturated rings. The van der Waals surface area contributed by atoms with Crippen LogP contribution in [-0.2, 0) is 4.79 Å². The summed E-state index contributed by atoms with van der Waals surface area (Å²) in [6.07, 6.45) is 5.14. The predicted molar refractivity (Wildman–Crippen MR) is 51.7 cm³/mol. The van der Waals surface area contributed by atoms with Crippen LogP contribution < -0.4 is 10.6 Å². The van der Waals surface area contributed by atoms with E-state index in [0.29, 0.717) is 0 Å². The topological polar surface area (TPSA) is 78.4 Å². The molecule has 1 atom stereocenters. The van der Waals surface area contributed by atoms with Crippen LogP contribution in [0.1, 0.15) is 20.8 Å². The second-order valence-corrected chi connectivity index (χ2v) is 3.43. The molecular formula is C9H14N2O3. The molecule has 0 rings (SSSR count). The zero-order chi connectivity index (χ0) is 11.4. The average molecular weight is 198 g/mol. The van der Waals surface area contributed by atoms with Crippen molar-refractivity contribution in [3.05, 3.63) is 0 Å². The Hall–Kier alpha value is -1.70. The van der Waals surface area contributed by atoms with Gasteiger partial charge >= 0.3 is 12.0 Å². The fraction of sp³-hybridized carbons (Fsp3) is 0.556. The number of nitrogens with one attached hydrogen (secondary N) is 2. The summed E-state index contributed by atoms with van der Waals surface area (Å²) in [5.41, 5.74) is -0.789. The Morgan fingerprint density at radius 2 is 2.00 bits per heavy atom. The lowest BCUT2D eigenvalue weighted by atomic mass is 10.1. The minimum Gasteiger partial charge on any atom is -0.480 e. The summed E-state index contributed by atoms with van der Waals surface area (Å²) in [4.78, 5) is 21.5. The highest BCUT2D eigenvalue weighted by atomic mass is 16.4. The van der Waals surface area contributed by atoms with E-state index in [9.17, 15) is 9.59 Å². The van der Waals surface area contributed by atoms with Crippen molar-refractivity contribution >= 4 is 12.0 Å². The highest BCUT2D eigenvalue weighted by Crippen LogP contribution is 1.97. The van der Waals surface area contributed by atoms with Gasteiger partial charge in [0, 0.05) is 0 Å². The SMILES string of the molecule is C#CC(C)(C)NC(=O)N[C@@H](C)C(=O)O. The number of hydrogen-bond donors (Lipinski definition) is 3. The highest BCUT2D eigenvalue weighted by molar-refractivity contribution is 5.82. The van der Waals surface area contributed by atoms with Gasteiger partial charge < -0.3 is 15.7 Å². The number of hydrogen-bond acceptors (Lipinski definition) is 2. The third-order valence-electron chi connectivity index (χ3n) is 1.50. The van der Waals surface area contributed by atoms with E-state index < -0.39 is 23.6 Å². The van der Waals surface area contributed by atoms with Gasteiger partial charge in [-0.05, 0) is 20.8 Å². The normalized spacial score (nSPS) is 12.4. The molecular weight excluding hydrogens is 184 g/mol. The summed E-state index contributed by atoms with van der Waals surface area (Å²) >= 11 is 0. The predicted octanol–water partition coefficient (Wildman–Crippen LogP) is 0.170. The Bertz CT molecular complexity index is 278. The van der Waals surface area contributed by atoms with Crippen LogP contribution in [0.2, 0.25) is 0 Å². The van der Waals surface area contributed by atoms with Crippen molar-refractivity contribution in [3.63, 3.8) is 0 Å². The van der Waals surface area contributed by atoms with Crippen LogP contribution in [0.4, 0.5) is 4.79 Å². The largest absolute Gasteiger partial charge is 0.480 e. The number of rotatable bonds is 3. The van der Waals surface area contributed by atoms with E-state index in [2.05, 4.69) is 16.6 Å². The molecule has 0 heterocycles. The summed E-state index contributed by atoms with van der Waals surface area (Å²) in [6, 6.07) is -1.54. The molecule has 0 spiro atoms. The summed E-state index contributed by atoms with van der Waals surface area (Å²) < 4.78 is 0. The molecule has 0 aromatic rings. The van der Waals surface area contributed by atoms with Crippen molar-refractivity contribution in [1.29, 1.82) is 0 Å². The fourth-order valence-electron chi connectivity index (χ4n) is 0.614. The lowest BCUT2D eigenvalue weighted by molar-refractivity contribution is -0.138. The number of carboxylic acids is 1. The average Bonchev–Trinajstić information content (AvgIpc) is 2.02. The van der Waals surface area contributed by atoms with Crippen LogP contribution in [0.5, 0.6) is 0 Å². The van der Waals surface area contributed by atoms with Crippen LogP contribution in [0.25, 0.3) is 0 Å². The van der Waals surface area contributed by atoms with Crippen LogP contribution in [0.15, 0.2) is 0 Å². The molecule has 0 aromatic heterocycles. The van der Waals surface area contributed by atoms with Crippen molar-refractivity contribution < 1.29 is 14.7 Å². The lowest BCUT2D eigenvalue weighted by Gasteiger charge is -2.20. The van der Waals surface area contributed by atoms with Gasteiger partial charge in [-0.15, -0.1) is 6.42 Å². The van der Waals surface area contributed by atoms with Crippen LogP contribution in [0, 0.1) is 12.3 Å². The zero-order valence-electron chi connectivity index (χ0n) is 8.42. The van der Waals surface area contributed by atoms with Gasteiger partial charge in [-0.25, -0.2) is 4.79 Å². The summed E-state index contributed by atoms with van der Waals surface area (Å²) in [5.74, 6) is 1.26. The smallest absolute Gasteiger partial charge is 0.325 e. The Labute approximate surface area is 82.9 Å². The maximum absolute atomic E-state index is 11.2. The van der Waals surface area contributed by atoms with Gasteiger partial charge in [0.1, 0.15) is 6.04 Å². The number of carbonyl (C=O) groups excluding carboxylic acids is 1. The van der Waals surface area contributed by atoms with Gasteiger partial charge in [-0.1, -0.05) is 5.92 Å². The van der Waals surface area contributed by atoms with Gasteiger partial charge in [0.15, 0.2) is 0 Å². The summed E-state index contributed by atoms with van der Waals surface area (Å²) in [5, 5.41) is 13.2. The van der Waals surface area contributed by atoms with Crippen LogP contribution in [0.3, 0.4) is 0 Å². The molecule has 78 valence electrons. The van der Waals surface area contributed by atoms with Crippen molar-refractivity contribution in [2.24, 2.45) is 0 Å². The van der Waals surface area contributed by atoms with E-state index in [1.54, 1.807) is 13.8 Å². The molecule has 0 radical (unpaired) electrons. The number of carbonyl (C=O) groups is 2. The van der Waals surface area contributed by atoms with E-state index in [1.165, 1.54) is 6.92 Å². The Morgan fingerprint density at radius 3 is 2.36 bits per heavy atom. The Kier molecular flexibility index (Phi) is 3.96. The van der Waals surface area contributed by atoms with Crippen molar-refractivity contribution in [2.45, 2.75) is 32.4 Å². The second kappa shape index (κ2) is 4.51. The first-order chi connectivity index (χ1) is 6.28. The number of amides is 2. The highest BCUT2D eigenvalue weighted by Gasteiger charge is 2.19. The fourth-order valence-corrected chi connectivity index (χ4v) is 0.614. The van der Waals surface area contributed by atoms with Gasteiger partial charge in [0.05, 0.1) is 5.54 Å². The monoisotopic (exact) mass is 198 g/mol. The zero-order valence-corrected chi connectivity index (χ0v) is 8.42.